The Kier molecular flexibility index (Phi) is 2.43. The van der Waals surface area contributed by atoms with Gasteiger partial charge in [0.15, 0.2) is 0 Å². The van der Waals surface area contributed by atoms with Gasteiger partial charge in [-0.1, -0.05) is 0 Å². The van der Waals surface area contributed by atoms with E-state index in [2.05, 4.69) is 14.9 Å². The Balaban J connectivity index is 1.67. The van der Waals surface area contributed by atoms with Crippen LogP contribution in [0.15, 0.2) is 12.5 Å². The predicted molar refractivity (Wildman–Crippen MR) is 61.6 cm³/mol. The summed E-state index contributed by atoms with van der Waals surface area (Å²) in [4.78, 5) is 15.4. The minimum absolute atomic E-state index is 0.594. The number of carboxylic acid groups (broad SMARTS) is 1. The number of carboxylic acids is 1. The molecule has 2 N–H and O–H groups in total. The van der Waals surface area contributed by atoms with Crippen molar-refractivity contribution in [2.24, 2.45) is 0 Å². The summed E-state index contributed by atoms with van der Waals surface area (Å²) in [6.45, 7) is 0.600. The number of nitrogens with zero attached hydrogens (tertiary/aromatic N) is 2. The zero-order valence-corrected chi connectivity index (χ0v) is 9.72. The van der Waals surface area contributed by atoms with Crippen molar-refractivity contribution in [2.75, 3.05) is 0 Å². The van der Waals surface area contributed by atoms with Crippen molar-refractivity contribution >= 4 is 5.97 Å². The highest BCUT2D eigenvalue weighted by atomic mass is 16.4. The maximum Gasteiger partial charge on any atom is 0.323 e. The van der Waals surface area contributed by atoms with Gasteiger partial charge in [0.1, 0.15) is 5.54 Å². The van der Waals surface area contributed by atoms with Gasteiger partial charge in [0.2, 0.25) is 0 Å². The Labute approximate surface area is 99.8 Å². The van der Waals surface area contributed by atoms with Crippen LogP contribution in [0.3, 0.4) is 0 Å². The number of aliphatic carboxylic acids is 1. The van der Waals surface area contributed by atoms with Gasteiger partial charge in [-0.3, -0.25) is 10.1 Å². The van der Waals surface area contributed by atoms with Crippen LogP contribution in [0.25, 0.3) is 0 Å². The molecule has 1 aromatic rings. The average Bonchev–Trinajstić information content (AvgIpc) is 2.97. The van der Waals surface area contributed by atoms with Gasteiger partial charge in [-0.2, -0.15) is 0 Å². The maximum atomic E-state index is 11.2. The summed E-state index contributed by atoms with van der Waals surface area (Å²) in [5.41, 5.74) is 0.415. The first-order valence-electron chi connectivity index (χ1n) is 6.20. The van der Waals surface area contributed by atoms with Crippen molar-refractivity contribution in [3.8, 4) is 0 Å². The molecule has 2 aliphatic rings. The maximum absolute atomic E-state index is 11.2. The fourth-order valence-electron chi connectivity index (χ4n) is 2.41. The molecule has 0 radical (unpaired) electrons. The highest BCUT2D eigenvalue weighted by Gasteiger charge is 2.44. The topological polar surface area (TPSA) is 67.2 Å². The number of hydrogen-bond acceptors (Lipinski definition) is 3. The summed E-state index contributed by atoms with van der Waals surface area (Å²) < 4.78 is 2.17. The predicted octanol–water partition coefficient (Wildman–Crippen LogP) is 1.31. The van der Waals surface area contributed by atoms with Crippen LogP contribution in [0, 0.1) is 0 Å². The average molecular weight is 235 g/mol. The number of nitrogens with one attached hydrogen (secondary N) is 1. The number of aromatic nitrogens is 2. The van der Waals surface area contributed by atoms with Gasteiger partial charge < -0.3 is 9.67 Å². The van der Waals surface area contributed by atoms with Crippen molar-refractivity contribution < 1.29 is 9.90 Å². The molecule has 0 aromatic carbocycles. The number of carbonyl (C=O) groups is 1. The van der Waals surface area contributed by atoms with Gasteiger partial charge in [0.05, 0.1) is 12.0 Å². The van der Waals surface area contributed by atoms with Crippen LogP contribution in [-0.4, -0.2) is 26.2 Å². The second-order valence-electron chi connectivity index (χ2n) is 5.12. The Morgan fingerprint density at radius 3 is 2.88 bits per heavy atom. The number of rotatable bonds is 5. The van der Waals surface area contributed by atoms with Crippen molar-refractivity contribution in [2.45, 2.75) is 50.2 Å². The van der Waals surface area contributed by atoms with Gasteiger partial charge in [0, 0.05) is 18.8 Å². The second-order valence-corrected chi connectivity index (χ2v) is 5.12. The minimum atomic E-state index is -0.721. The summed E-state index contributed by atoms with van der Waals surface area (Å²) in [5.74, 6) is -0.721. The standard InChI is InChI=1S/C12H17N3O2/c16-11(17)12(4-1-5-12)14-7-10-6-13-8-15(10)9-2-3-9/h6,8-9,14H,1-5,7H2,(H,16,17). The molecule has 5 heteroatoms. The third-order valence-electron chi connectivity index (χ3n) is 3.91. The lowest BCUT2D eigenvalue weighted by atomic mass is 9.77. The van der Waals surface area contributed by atoms with Crippen LogP contribution < -0.4 is 5.32 Å². The van der Waals surface area contributed by atoms with Gasteiger partial charge >= 0.3 is 5.97 Å². The molecule has 0 amide bonds. The van der Waals surface area contributed by atoms with Gasteiger partial charge in [0.25, 0.3) is 0 Å². The molecule has 0 bridgehead atoms. The lowest BCUT2D eigenvalue weighted by molar-refractivity contribution is -0.148. The molecule has 5 nitrogen and oxygen atoms in total. The molecule has 2 aliphatic carbocycles. The molecule has 1 aromatic heterocycles. The van der Waals surface area contributed by atoms with Crippen LogP contribution in [0.1, 0.15) is 43.8 Å². The third-order valence-corrected chi connectivity index (χ3v) is 3.91. The molecule has 3 rings (SSSR count). The molecule has 92 valence electrons. The van der Waals surface area contributed by atoms with E-state index in [0.29, 0.717) is 12.6 Å². The van der Waals surface area contributed by atoms with Gasteiger partial charge in [-0.05, 0) is 32.1 Å². The highest BCUT2D eigenvalue weighted by molar-refractivity contribution is 5.79. The van der Waals surface area contributed by atoms with E-state index in [0.717, 1.165) is 25.0 Å². The fraction of sp³-hybridized carbons (Fsp3) is 0.667. The quantitative estimate of drug-likeness (QED) is 0.807. The Morgan fingerprint density at radius 1 is 1.59 bits per heavy atom. The molecule has 0 saturated heterocycles. The Bertz CT molecular complexity index is 433. The molecule has 2 saturated carbocycles. The molecule has 0 spiro atoms. The van der Waals surface area contributed by atoms with Crippen LogP contribution >= 0.6 is 0 Å². The summed E-state index contributed by atoms with van der Waals surface area (Å²) in [7, 11) is 0. The first-order valence-corrected chi connectivity index (χ1v) is 6.20. The number of hydrogen-bond donors (Lipinski definition) is 2. The van der Waals surface area contributed by atoms with Crippen LogP contribution in [0.4, 0.5) is 0 Å². The van der Waals surface area contributed by atoms with E-state index in [4.69, 9.17) is 0 Å². The summed E-state index contributed by atoms with van der Waals surface area (Å²) >= 11 is 0. The van der Waals surface area contributed by atoms with Crippen molar-refractivity contribution in [1.82, 2.24) is 14.9 Å². The van der Waals surface area contributed by atoms with Crippen LogP contribution in [0.2, 0.25) is 0 Å². The molecular weight excluding hydrogens is 218 g/mol. The molecule has 17 heavy (non-hydrogen) atoms. The van der Waals surface area contributed by atoms with Gasteiger partial charge in [-0.15, -0.1) is 0 Å². The second kappa shape index (κ2) is 3.84. The van der Waals surface area contributed by atoms with E-state index in [1.54, 1.807) is 0 Å². The minimum Gasteiger partial charge on any atom is -0.480 e. The zero-order chi connectivity index (χ0) is 11.9. The fourth-order valence-corrected chi connectivity index (χ4v) is 2.41. The van der Waals surface area contributed by atoms with E-state index >= 15 is 0 Å². The molecule has 0 atom stereocenters. The third kappa shape index (κ3) is 1.84. The van der Waals surface area contributed by atoms with E-state index in [-0.39, 0.29) is 0 Å². The van der Waals surface area contributed by atoms with Crippen molar-refractivity contribution in [1.29, 1.82) is 0 Å². The first kappa shape index (κ1) is 10.8. The summed E-state index contributed by atoms with van der Waals surface area (Å²) in [5, 5.41) is 12.4. The lowest BCUT2D eigenvalue weighted by Gasteiger charge is -2.38. The van der Waals surface area contributed by atoms with Crippen LogP contribution in [0.5, 0.6) is 0 Å². The molecular formula is C12H17N3O2. The smallest absolute Gasteiger partial charge is 0.323 e. The summed E-state index contributed by atoms with van der Waals surface area (Å²) in [6, 6.07) is 0.594. The van der Waals surface area contributed by atoms with E-state index in [9.17, 15) is 9.90 Å². The van der Waals surface area contributed by atoms with Crippen LogP contribution in [-0.2, 0) is 11.3 Å². The molecule has 0 unspecified atom stereocenters. The largest absolute Gasteiger partial charge is 0.480 e. The van der Waals surface area contributed by atoms with E-state index in [1.165, 1.54) is 12.8 Å². The monoisotopic (exact) mass is 235 g/mol. The zero-order valence-electron chi connectivity index (χ0n) is 9.72. The molecule has 1 heterocycles. The molecule has 0 aliphatic heterocycles. The first-order chi connectivity index (χ1) is 8.21. The van der Waals surface area contributed by atoms with Gasteiger partial charge in [-0.25, -0.2) is 4.98 Å². The summed E-state index contributed by atoms with van der Waals surface area (Å²) in [6.07, 6.45) is 8.59. The normalized spacial score (nSPS) is 22.1. The van der Waals surface area contributed by atoms with E-state index in [1.807, 2.05) is 12.5 Å². The Hall–Kier alpha value is -1.36. The highest BCUT2D eigenvalue weighted by Crippen LogP contribution is 2.36. The SMILES string of the molecule is O=C(O)C1(NCc2cncn2C2CC2)CCC1. The van der Waals surface area contributed by atoms with Crippen molar-refractivity contribution in [3.63, 3.8) is 0 Å². The number of imidazole rings is 1. The lowest BCUT2D eigenvalue weighted by Crippen LogP contribution is -2.56. The van der Waals surface area contributed by atoms with E-state index < -0.39 is 11.5 Å². The molecule has 2 fully saturated rings. The Morgan fingerprint density at radius 2 is 2.35 bits per heavy atom. The van der Waals surface area contributed by atoms with Crippen molar-refractivity contribution in [3.05, 3.63) is 18.2 Å².